The molecule has 4 fully saturated rings. The fourth-order valence-corrected chi connectivity index (χ4v) is 11.8. The minimum absolute atomic E-state index is 0.00881. The topological polar surface area (TPSA) is 174 Å². The van der Waals surface area contributed by atoms with Crippen molar-refractivity contribution in [1.82, 2.24) is 34.4 Å². The Balaban J connectivity index is 0.832. The Labute approximate surface area is 375 Å². The molecule has 5 aromatic rings. The van der Waals surface area contributed by atoms with Crippen LogP contribution in [0.4, 0.5) is 17.2 Å². The lowest BCUT2D eigenvalue weighted by atomic mass is 9.60. The second-order valence-electron chi connectivity index (χ2n) is 19.0. The monoisotopic (exact) mass is 888 g/mol. The van der Waals surface area contributed by atoms with Gasteiger partial charge in [0.05, 0.1) is 22.8 Å². The largest absolute Gasteiger partial charge is 0.489 e. The Kier molecular flexibility index (Phi) is 11.4. The van der Waals surface area contributed by atoms with E-state index < -0.39 is 15.9 Å². The number of benzene rings is 2. The number of piperazine rings is 1. The average Bonchev–Trinajstić information content (AvgIpc) is 3.96. The highest BCUT2D eigenvalue weighted by molar-refractivity contribution is 7.90. The van der Waals surface area contributed by atoms with Crippen LogP contribution in [0.5, 0.6) is 17.4 Å². The number of hydrogen-bond donors (Lipinski definition) is 4. The van der Waals surface area contributed by atoms with Gasteiger partial charge in [-0.05, 0) is 105 Å². The van der Waals surface area contributed by atoms with Gasteiger partial charge in [-0.15, -0.1) is 0 Å². The van der Waals surface area contributed by atoms with Gasteiger partial charge >= 0.3 is 0 Å². The molecule has 16 heteroatoms. The average molecular weight is 889 g/mol. The van der Waals surface area contributed by atoms with Gasteiger partial charge in [0.2, 0.25) is 5.88 Å². The number of H-pyrrole nitrogens is 1. The van der Waals surface area contributed by atoms with Crippen LogP contribution in [0.2, 0.25) is 0 Å². The molecule has 338 valence electrons. The summed E-state index contributed by atoms with van der Waals surface area (Å²) >= 11 is 0. The predicted octanol–water partition coefficient (Wildman–Crippen LogP) is 6.58. The van der Waals surface area contributed by atoms with Crippen molar-refractivity contribution in [3.63, 3.8) is 0 Å². The number of nitrogens with two attached hydrogens (primary N) is 1. The zero-order chi connectivity index (χ0) is 44.2. The summed E-state index contributed by atoms with van der Waals surface area (Å²) in [6, 6.07) is 19.9. The maximum absolute atomic E-state index is 14.0. The molecule has 0 radical (unpaired) electrons. The highest BCUT2D eigenvalue weighted by Gasteiger charge is 2.50. The van der Waals surface area contributed by atoms with E-state index in [2.05, 4.69) is 84.8 Å². The third-order valence-corrected chi connectivity index (χ3v) is 15.7. The van der Waals surface area contributed by atoms with Crippen molar-refractivity contribution in [2.24, 2.45) is 5.41 Å². The molecule has 10 rings (SSSR count). The van der Waals surface area contributed by atoms with E-state index in [-0.39, 0.29) is 28.1 Å². The number of likely N-dealkylation sites (N-methyl/N-ethyl adjacent to an activating group) is 1. The first-order valence-electron chi connectivity index (χ1n) is 22.9. The first kappa shape index (κ1) is 42.5. The van der Waals surface area contributed by atoms with Crippen molar-refractivity contribution in [1.29, 1.82) is 0 Å². The summed E-state index contributed by atoms with van der Waals surface area (Å²) < 4.78 is 42.4. The summed E-state index contributed by atoms with van der Waals surface area (Å²) in [6.07, 6.45) is 10.3. The first-order valence-corrected chi connectivity index (χ1v) is 24.4. The van der Waals surface area contributed by atoms with Gasteiger partial charge in [-0.2, -0.15) is 4.98 Å². The number of nitrogens with one attached hydrogen (secondary N) is 3. The molecule has 5 N–H and O–H groups in total. The van der Waals surface area contributed by atoms with Gasteiger partial charge in [0.25, 0.3) is 15.9 Å². The molecule has 2 aromatic carbocycles. The third kappa shape index (κ3) is 8.48. The van der Waals surface area contributed by atoms with Crippen LogP contribution in [0.25, 0.3) is 11.0 Å². The number of pyridine rings is 2. The molecule has 3 saturated heterocycles. The van der Waals surface area contributed by atoms with E-state index >= 15 is 0 Å². The minimum Gasteiger partial charge on any atom is -0.489 e. The quantitative estimate of drug-likeness (QED) is 0.105. The zero-order valence-corrected chi connectivity index (χ0v) is 37.9. The lowest BCUT2D eigenvalue weighted by molar-refractivity contribution is -0.0228. The van der Waals surface area contributed by atoms with Gasteiger partial charge < -0.3 is 35.3 Å². The number of fused-ring (bicyclic) bond motifs is 2. The molecule has 0 bridgehead atoms. The van der Waals surface area contributed by atoms with Gasteiger partial charge in [0.15, 0.2) is 0 Å². The molecule has 1 aliphatic carbocycles. The Hall–Kier alpha value is -5.42. The first-order chi connectivity index (χ1) is 30.9. The number of sulfonamides is 1. The van der Waals surface area contributed by atoms with Gasteiger partial charge in [0, 0.05) is 75.5 Å². The molecule has 5 aliphatic rings. The second kappa shape index (κ2) is 17.2. The van der Waals surface area contributed by atoms with E-state index in [1.54, 1.807) is 30.6 Å². The van der Waals surface area contributed by atoms with Crippen LogP contribution in [-0.2, 0) is 10.0 Å². The summed E-state index contributed by atoms with van der Waals surface area (Å²) in [7, 11) is -2.28. The summed E-state index contributed by atoms with van der Waals surface area (Å²) in [5, 5.41) is 4.27. The highest BCUT2D eigenvalue weighted by Crippen LogP contribution is 2.54. The normalized spacial score (nSPS) is 22.0. The van der Waals surface area contributed by atoms with Crippen LogP contribution in [0.1, 0.15) is 85.8 Å². The number of aromatic amines is 1. The fourth-order valence-electron chi connectivity index (χ4n) is 10.8. The highest BCUT2D eigenvalue weighted by atomic mass is 32.2. The van der Waals surface area contributed by atoms with E-state index in [4.69, 9.17) is 20.2 Å². The Morgan fingerprint density at radius 1 is 1.02 bits per heavy atom. The lowest BCUT2D eigenvalue weighted by Gasteiger charge is -2.56. The number of piperidine rings is 1. The Morgan fingerprint density at radius 3 is 2.61 bits per heavy atom. The van der Waals surface area contributed by atoms with Gasteiger partial charge in [-0.3, -0.25) is 14.6 Å². The van der Waals surface area contributed by atoms with Crippen molar-refractivity contribution >= 4 is 44.2 Å². The number of rotatable bonds is 11. The number of likely N-dealkylation sites (tertiary alicyclic amines) is 1. The maximum atomic E-state index is 14.0. The zero-order valence-electron chi connectivity index (χ0n) is 37.1. The predicted molar refractivity (Wildman–Crippen MR) is 249 cm³/mol. The minimum atomic E-state index is -4.41. The molecular formula is C48H60N10O5S. The van der Waals surface area contributed by atoms with Crippen LogP contribution in [0, 0.1) is 5.41 Å². The lowest BCUT2D eigenvalue weighted by Crippen LogP contribution is -2.55. The standard InChI is InChI=1S/C48H60N10O5S/c1-31(2)37-7-4-5-8-38(37)41-9-6-16-58(41)34-26-48(27-34)13-17-57(18-14-48)43-11-10-39(47(53-43)63-35-23-32-12-15-50-45(32)51-28-35)46(59)54-64(60,61)36-24-40(49)44-42(25-36)62-30-33(52-44)29-56-21-19-55(3)20-22-56/h4-5,7-8,10-12,15,23-25,28,31,33-34,41,52H,6,9,13-14,16-22,26-27,29-30,49H2,1-3H3,(H,50,51)(H,54,59)/t33-,41-/m0/s1. The summed E-state index contributed by atoms with van der Waals surface area (Å²) in [6.45, 7) is 12.5. The number of nitrogens with zero attached hydrogens (tertiary/aromatic N) is 6. The van der Waals surface area contributed by atoms with Crippen LogP contribution in [0.3, 0.4) is 0 Å². The summed E-state index contributed by atoms with van der Waals surface area (Å²) in [4.78, 5) is 36.0. The van der Waals surface area contributed by atoms with Crippen LogP contribution in [-0.4, -0.2) is 122 Å². The number of carbonyl (C=O) groups is 1. The number of hydrogen-bond acceptors (Lipinski definition) is 13. The van der Waals surface area contributed by atoms with Crippen LogP contribution < -0.4 is 30.1 Å². The molecule has 4 aliphatic heterocycles. The molecule has 3 aromatic heterocycles. The van der Waals surface area contributed by atoms with E-state index in [0.29, 0.717) is 58.7 Å². The van der Waals surface area contributed by atoms with E-state index in [1.807, 2.05) is 6.07 Å². The third-order valence-electron chi connectivity index (χ3n) is 14.4. The molecule has 1 amide bonds. The Bertz CT molecular complexity index is 2630. The van der Waals surface area contributed by atoms with Crippen molar-refractivity contribution in [2.45, 2.75) is 81.3 Å². The number of aromatic nitrogens is 3. The van der Waals surface area contributed by atoms with Crippen LogP contribution in [0.15, 0.2) is 78.0 Å². The SMILES string of the molecule is CC(C)c1ccccc1[C@@H]1CCCN1C1CC2(CCN(c3ccc(C(=O)NS(=O)(=O)c4cc(N)c5c(c4)OC[C@H](CN4CCN(C)CC4)N5)c(Oc4cnc5[nH]ccc5c4)n3)CC2)C1. The Morgan fingerprint density at radius 2 is 1.81 bits per heavy atom. The molecule has 1 spiro atoms. The van der Waals surface area contributed by atoms with Crippen molar-refractivity contribution in [2.75, 3.05) is 82.0 Å². The van der Waals surface area contributed by atoms with Gasteiger partial charge in [-0.25, -0.2) is 18.1 Å². The molecule has 2 atom stereocenters. The molecular weight excluding hydrogens is 829 g/mol. The van der Waals surface area contributed by atoms with Crippen molar-refractivity contribution in [3.8, 4) is 17.4 Å². The number of nitrogen functional groups attached to an aromatic ring is 1. The molecule has 1 saturated carbocycles. The van der Waals surface area contributed by atoms with Crippen molar-refractivity contribution < 1.29 is 22.7 Å². The number of carbonyl (C=O) groups excluding carboxylic acids is 1. The van der Waals surface area contributed by atoms with Crippen LogP contribution >= 0.6 is 0 Å². The summed E-state index contributed by atoms with van der Waals surface area (Å²) in [5.41, 5.74) is 11.1. The van der Waals surface area contributed by atoms with E-state index in [0.717, 1.165) is 70.6 Å². The summed E-state index contributed by atoms with van der Waals surface area (Å²) in [5.74, 6) is 0.946. The maximum Gasteiger partial charge on any atom is 0.270 e. The number of anilines is 3. The molecule has 7 heterocycles. The van der Waals surface area contributed by atoms with Gasteiger partial charge in [-0.1, -0.05) is 38.1 Å². The fraction of sp³-hybridized carbons (Fsp3) is 0.479. The smallest absolute Gasteiger partial charge is 0.270 e. The molecule has 64 heavy (non-hydrogen) atoms. The molecule has 0 unspecified atom stereocenters. The van der Waals surface area contributed by atoms with E-state index in [1.165, 1.54) is 48.9 Å². The number of ether oxygens (including phenoxy) is 2. The number of amides is 1. The molecule has 15 nitrogen and oxygen atoms in total. The van der Waals surface area contributed by atoms with Crippen molar-refractivity contribution in [3.05, 3.63) is 89.7 Å². The van der Waals surface area contributed by atoms with E-state index in [9.17, 15) is 13.2 Å². The second-order valence-corrected chi connectivity index (χ2v) is 20.7. The van der Waals surface area contributed by atoms with Gasteiger partial charge in [0.1, 0.15) is 40.8 Å².